The number of halogens is 17. The SMILES string of the molecule is OC(Cl)(Cl)C(Cl)(Cl)C(Cl)(Cl)C(Cl)(Cl)C(Cl)(Cl)C(Cl)(Cl)C(Cl)(Cl)C(Cl)(Cl)Cl. The third kappa shape index (κ3) is 4.88. The highest BCUT2D eigenvalue weighted by molar-refractivity contribution is 6.83. The van der Waals surface area contributed by atoms with Gasteiger partial charge in [-0.2, -0.15) is 0 Å². The van der Waals surface area contributed by atoms with Crippen molar-refractivity contribution in [2.75, 3.05) is 0 Å². The van der Waals surface area contributed by atoms with Gasteiger partial charge in [0.2, 0.25) is 12.5 Å². The number of alkyl halides is 17. The maximum Gasteiger partial charge on any atom is 0.251 e. The lowest BCUT2D eigenvalue weighted by Gasteiger charge is -2.53. The largest absolute Gasteiger partial charge is 0.360 e. The first kappa shape index (κ1) is 30.9. The second kappa shape index (κ2) is 8.92. The van der Waals surface area contributed by atoms with Gasteiger partial charge in [0.1, 0.15) is 0 Å². The van der Waals surface area contributed by atoms with Crippen LogP contribution in [0.25, 0.3) is 0 Å². The molecule has 26 heavy (non-hydrogen) atoms. The minimum atomic E-state index is -3.06. The molecule has 1 nitrogen and oxygen atoms in total. The van der Waals surface area contributed by atoms with Crippen LogP contribution in [0.1, 0.15) is 0 Å². The average Bonchev–Trinajstić information content (AvgIpc) is 2.34. The normalized spacial score (nSPS) is 16.8. The van der Waals surface area contributed by atoms with Crippen molar-refractivity contribution in [3.8, 4) is 0 Å². The highest BCUT2D eigenvalue weighted by Crippen LogP contribution is 2.72. The van der Waals surface area contributed by atoms with Crippen LogP contribution in [0, 0.1) is 0 Å². The third-order valence-corrected chi connectivity index (χ3v) is 13.8. The quantitative estimate of drug-likeness (QED) is 0.272. The van der Waals surface area contributed by atoms with E-state index in [-0.39, 0.29) is 0 Å². The lowest BCUT2D eigenvalue weighted by molar-refractivity contribution is 0.182. The molecule has 0 fully saturated rings. The molecular weight excluding hydrogens is 715 g/mol. The van der Waals surface area contributed by atoms with Crippen molar-refractivity contribution < 1.29 is 5.11 Å². The molecule has 0 unspecified atom stereocenters. The molecular formula is C8HCl17O. The van der Waals surface area contributed by atoms with E-state index in [1.807, 2.05) is 0 Å². The molecule has 0 aromatic heterocycles. The van der Waals surface area contributed by atoms with E-state index in [9.17, 15) is 5.11 Å². The van der Waals surface area contributed by atoms with Crippen LogP contribution in [0.4, 0.5) is 0 Å². The number of hydrogen-bond donors (Lipinski definition) is 1. The zero-order valence-corrected chi connectivity index (χ0v) is 23.7. The summed E-state index contributed by atoms with van der Waals surface area (Å²) >= 11 is 99.7. The van der Waals surface area contributed by atoms with Gasteiger partial charge in [-0.3, -0.25) is 0 Å². The Morgan fingerprint density at radius 1 is 0.308 bits per heavy atom. The van der Waals surface area contributed by atoms with Gasteiger partial charge < -0.3 is 5.11 Å². The zero-order chi connectivity index (χ0) is 22.0. The van der Waals surface area contributed by atoms with Gasteiger partial charge >= 0.3 is 0 Å². The summed E-state index contributed by atoms with van der Waals surface area (Å²) < 4.78 is -23.5. The van der Waals surface area contributed by atoms with Crippen molar-refractivity contribution >= 4 is 197 Å². The van der Waals surface area contributed by atoms with Crippen molar-refractivity contribution in [1.29, 1.82) is 0 Å². The van der Waals surface area contributed by atoms with Gasteiger partial charge in [0.25, 0.3) is 4.52 Å². The summed E-state index contributed by atoms with van der Waals surface area (Å²) in [4.78, 5) is 0. The Balaban J connectivity index is 6.61. The molecule has 0 aromatic carbocycles. The highest BCUT2D eigenvalue weighted by atomic mass is 35.6. The van der Waals surface area contributed by atoms with Gasteiger partial charge in [0, 0.05) is 0 Å². The van der Waals surface area contributed by atoms with Crippen molar-refractivity contribution in [3.05, 3.63) is 0 Å². The van der Waals surface area contributed by atoms with E-state index >= 15 is 0 Å². The molecule has 0 saturated carbocycles. The van der Waals surface area contributed by atoms with Crippen LogP contribution >= 0.6 is 197 Å². The molecule has 0 heterocycles. The highest BCUT2D eigenvalue weighted by Gasteiger charge is 2.81. The Morgan fingerprint density at radius 3 is 0.692 bits per heavy atom. The molecule has 0 amide bonds. The minimum Gasteiger partial charge on any atom is -0.360 e. The predicted molar refractivity (Wildman–Crippen MR) is 124 cm³/mol. The second-order valence-electron chi connectivity index (χ2n) is 4.49. The Bertz CT molecular complexity index is 474. The van der Waals surface area contributed by atoms with E-state index in [1.54, 1.807) is 0 Å². The monoisotopic (exact) mass is 707 g/mol. The summed E-state index contributed by atoms with van der Waals surface area (Å²) in [5.74, 6) is 0. The molecule has 0 radical (unpaired) electrons. The first-order valence-corrected chi connectivity index (χ1v) is 11.6. The van der Waals surface area contributed by atoms with Gasteiger partial charge in [-0.15, -0.1) is 0 Å². The van der Waals surface area contributed by atoms with Gasteiger partial charge in [-0.25, -0.2) is 0 Å². The standard InChI is InChI=1S/C8HCl17O/c9-1(10,3(13,14)5(17,18)7(21,22)23)2(11,12)4(15,16)6(19,20)8(24,25)26/h26H. The predicted octanol–water partition coefficient (Wildman–Crippen LogP) is 9.52. The maximum atomic E-state index is 9.72. The van der Waals surface area contributed by atoms with Crippen LogP contribution in [0.15, 0.2) is 0 Å². The summed E-state index contributed by atoms with van der Waals surface area (Å²) in [6.45, 7) is 0. The molecule has 158 valence electrons. The second-order valence-corrected chi connectivity index (χ2v) is 16.0. The fourth-order valence-electron chi connectivity index (χ4n) is 1.16. The van der Waals surface area contributed by atoms with Gasteiger partial charge in [0.05, 0.1) is 0 Å². The first-order chi connectivity index (χ1) is 10.8. The third-order valence-electron chi connectivity index (χ3n) is 2.71. The molecule has 0 spiro atoms. The fraction of sp³-hybridized carbons (Fsp3) is 1.00. The Kier molecular flexibility index (Phi) is 10.6. The van der Waals surface area contributed by atoms with Crippen molar-refractivity contribution in [2.24, 2.45) is 0 Å². The molecule has 0 aromatic rings. The topological polar surface area (TPSA) is 20.2 Å². The smallest absolute Gasteiger partial charge is 0.251 e. The van der Waals surface area contributed by atoms with Crippen molar-refractivity contribution in [1.82, 2.24) is 0 Å². The molecule has 0 aliphatic heterocycles. The Morgan fingerprint density at radius 2 is 0.500 bits per heavy atom. The van der Waals surface area contributed by atoms with Crippen LogP contribution < -0.4 is 0 Å². The molecule has 0 rings (SSSR count). The van der Waals surface area contributed by atoms with Gasteiger partial charge in [-0.05, 0) is 0 Å². The van der Waals surface area contributed by atoms with E-state index < -0.39 is 34.3 Å². The minimum absolute atomic E-state index is 2.61. The summed E-state index contributed by atoms with van der Waals surface area (Å²) in [5.41, 5.74) is 0. The van der Waals surface area contributed by atoms with E-state index in [4.69, 9.17) is 197 Å². The number of hydrogen-bond acceptors (Lipinski definition) is 1. The van der Waals surface area contributed by atoms with E-state index in [0.717, 1.165) is 0 Å². The molecule has 0 saturated heterocycles. The molecule has 0 aliphatic carbocycles. The van der Waals surface area contributed by atoms with E-state index in [1.165, 1.54) is 0 Å². The van der Waals surface area contributed by atoms with Crippen LogP contribution in [-0.4, -0.2) is 39.4 Å². The van der Waals surface area contributed by atoms with E-state index in [0.29, 0.717) is 0 Å². The van der Waals surface area contributed by atoms with Gasteiger partial charge in [0.15, 0.2) is 17.3 Å². The fourth-order valence-corrected chi connectivity index (χ4v) is 5.95. The van der Waals surface area contributed by atoms with Crippen molar-refractivity contribution in [2.45, 2.75) is 34.3 Å². The molecule has 1 N–H and O–H groups in total. The number of aliphatic hydroxyl groups is 1. The summed E-state index contributed by atoms with van der Waals surface area (Å²) in [6.07, 6.45) is 0. The Hall–Kier alpha value is 4.89. The van der Waals surface area contributed by atoms with Crippen LogP contribution in [0.3, 0.4) is 0 Å². The van der Waals surface area contributed by atoms with Crippen LogP contribution in [-0.2, 0) is 0 Å². The zero-order valence-electron chi connectivity index (χ0n) is 10.9. The molecule has 0 bridgehead atoms. The maximum absolute atomic E-state index is 9.72. The summed E-state index contributed by atoms with van der Waals surface area (Å²) in [6, 6.07) is 0. The lowest BCUT2D eigenvalue weighted by Crippen LogP contribution is -2.70. The summed E-state index contributed by atoms with van der Waals surface area (Å²) in [5, 5.41) is 9.72. The lowest BCUT2D eigenvalue weighted by atomic mass is 10.0. The molecule has 18 heteroatoms. The Labute approximate surface area is 233 Å². The molecule has 0 atom stereocenters. The summed E-state index contributed by atoms with van der Waals surface area (Å²) in [7, 11) is 0. The van der Waals surface area contributed by atoms with Gasteiger partial charge in [-0.1, -0.05) is 197 Å². The van der Waals surface area contributed by atoms with Crippen molar-refractivity contribution in [3.63, 3.8) is 0 Å². The average molecular weight is 716 g/mol. The van der Waals surface area contributed by atoms with Crippen LogP contribution in [0.2, 0.25) is 0 Å². The molecule has 0 aliphatic rings. The number of rotatable bonds is 6. The van der Waals surface area contributed by atoms with Crippen LogP contribution in [0.5, 0.6) is 0 Å². The van der Waals surface area contributed by atoms with E-state index in [2.05, 4.69) is 0 Å². The first-order valence-electron chi connectivity index (χ1n) is 5.19.